The number of aromatic nitrogens is 2. The number of piperidine rings is 1. The number of benzene rings is 2. The molecule has 0 unspecified atom stereocenters. The highest BCUT2D eigenvalue weighted by Crippen LogP contribution is 2.47. The summed E-state index contributed by atoms with van der Waals surface area (Å²) in [7, 11) is 0. The van der Waals surface area contributed by atoms with Crippen molar-refractivity contribution in [1.29, 1.82) is 0 Å². The van der Waals surface area contributed by atoms with E-state index < -0.39 is 60.9 Å². The van der Waals surface area contributed by atoms with Crippen LogP contribution in [0.25, 0.3) is 21.5 Å². The Labute approximate surface area is 311 Å². The van der Waals surface area contributed by atoms with Gasteiger partial charge in [-0.3, -0.25) is 4.74 Å². The number of para-hydroxylation sites is 1. The topological polar surface area (TPSA) is 203 Å². The van der Waals surface area contributed by atoms with Crippen LogP contribution in [-0.2, 0) is 25.6 Å². The minimum Gasteiger partial charge on any atom is -0.450 e. The first-order chi connectivity index (χ1) is 26.2. The third-order valence-electron chi connectivity index (χ3n) is 10.1. The highest BCUT2D eigenvalue weighted by atomic mass is 32.1. The number of hydrogen-bond acceptors (Lipinski definition) is 15. The van der Waals surface area contributed by atoms with Gasteiger partial charge in [-0.25, -0.2) is 19.0 Å². The van der Waals surface area contributed by atoms with Gasteiger partial charge in [0.05, 0.1) is 23.0 Å². The number of nitrogens with zero attached hydrogens (tertiary/aromatic N) is 3. The van der Waals surface area contributed by atoms with Crippen LogP contribution in [-0.4, -0.2) is 98.1 Å². The summed E-state index contributed by atoms with van der Waals surface area (Å²) in [4.78, 5) is 30.6. The summed E-state index contributed by atoms with van der Waals surface area (Å²) in [6.07, 6.45) is -12.3. The molecule has 4 aliphatic rings. The largest absolute Gasteiger partial charge is 0.573 e. The van der Waals surface area contributed by atoms with Gasteiger partial charge in [-0.05, 0) is 62.8 Å². The van der Waals surface area contributed by atoms with Crippen molar-refractivity contribution < 1.29 is 75.8 Å². The summed E-state index contributed by atoms with van der Waals surface area (Å²) in [5.41, 5.74) is 0.684. The van der Waals surface area contributed by atoms with Crippen molar-refractivity contribution in [1.82, 2.24) is 10.1 Å². The molecule has 1 aliphatic carbocycles. The SMILES string of the molecule is O=C(O)O[C@@H]1O[C@@H](OC(=O)c2cc(F)c3nc(N4[C@@H]5CC[C@H]4C[C@@H](OCc4c(-c6ccccc6OC(F)(F)F)noc4C4CC4)C5)sc3c2)[C@H](O)[C@H](O)[C@@H]1O. The van der Waals surface area contributed by atoms with E-state index in [4.69, 9.17) is 23.8 Å². The zero-order valence-corrected chi connectivity index (χ0v) is 29.2. The Morgan fingerprint density at radius 2 is 1.65 bits per heavy atom. The van der Waals surface area contributed by atoms with Crippen LogP contribution < -0.4 is 9.64 Å². The lowest BCUT2D eigenvalue weighted by Crippen LogP contribution is -2.59. The second-order valence-corrected chi connectivity index (χ2v) is 14.8. The number of aliphatic hydroxyl groups is 3. The summed E-state index contributed by atoms with van der Waals surface area (Å²) in [5, 5.41) is 43.9. The van der Waals surface area contributed by atoms with E-state index in [2.05, 4.69) is 24.5 Å². The number of carbonyl (C=O) groups is 2. The predicted molar refractivity (Wildman–Crippen MR) is 178 cm³/mol. The molecule has 1 saturated carbocycles. The van der Waals surface area contributed by atoms with Crippen molar-refractivity contribution in [3.05, 3.63) is 59.1 Å². The van der Waals surface area contributed by atoms with E-state index in [9.17, 15) is 38.1 Å². The van der Waals surface area contributed by atoms with Crippen LogP contribution in [0.2, 0.25) is 0 Å². The summed E-state index contributed by atoms with van der Waals surface area (Å²) < 4.78 is 86.2. The maximum atomic E-state index is 15.4. The van der Waals surface area contributed by atoms with Crippen LogP contribution in [0, 0.1) is 5.82 Å². The fourth-order valence-corrected chi connectivity index (χ4v) is 8.65. The maximum Gasteiger partial charge on any atom is 0.573 e. The molecule has 2 bridgehead atoms. The third kappa shape index (κ3) is 7.53. The highest BCUT2D eigenvalue weighted by molar-refractivity contribution is 7.22. The van der Waals surface area contributed by atoms with Crippen molar-refractivity contribution in [3.8, 4) is 17.0 Å². The maximum absolute atomic E-state index is 15.4. The van der Waals surface area contributed by atoms with Gasteiger partial charge < -0.3 is 48.8 Å². The number of halogens is 4. The van der Waals surface area contributed by atoms with Gasteiger partial charge in [0.2, 0.25) is 12.6 Å². The summed E-state index contributed by atoms with van der Waals surface area (Å²) >= 11 is 1.16. The van der Waals surface area contributed by atoms with Crippen LogP contribution in [0.5, 0.6) is 5.75 Å². The van der Waals surface area contributed by atoms with E-state index in [0.29, 0.717) is 34.0 Å². The van der Waals surface area contributed by atoms with Gasteiger partial charge in [0.25, 0.3) is 0 Å². The van der Waals surface area contributed by atoms with Gasteiger partial charge >= 0.3 is 18.5 Å². The number of hydrogen-bond donors (Lipinski definition) is 4. The number of anilines is 1. The van der Waals surface area contributed by atoms with Crippen LogP contribution >= 0.6 is 11.3 Å². The molecule has 0 radical (unpaired) electrons. The number of thiazole rings is 1. The molecular weight excluding hydrogens is 762 g/mol. The molecule has 4 aromatic rings. The van der Waals surface area contributed by atoms with E-state index in [0.717, 1.165) is 43.1 Å². The molecule has 4 fully saturated rings. The number of ether oxygens (including phenoxy) is 5. The molecule has 5 heterocycles. The lowest BCUT2D eigenvalue weighted by molar-refractivity contribution is -0.327. The van der Waals surface area contributed by atoms with Gasteiger partial charge in [-0.15, -0.1) is 13.2 Å². The van der Waals surface area contributed by atoms with Gasteiger partial charge in [0.1, 0.15) is 41.0 Å². The molecule has 15 nitrogen and oxygen atoms in total. The van der Waals surface area contributed by atoms with Gasteiger partial charge in [-0.2, -0.15) is 0 Å². The molecule has 2 aromatic carbocycles. The van der Waals surface area contributed by atoms with E-state index in [1.165, 1.54) is 24.3 Å². The Hall–Kier alpha value is -4.60. The average Bonchev–Trinajstić information content (AvgIpc) is 3.64. The molecule has 3 saturated heterocycles. The van der Waals surface area contributed by atoms with E-state index in [1.807, 2.05) is 0 Å². The molecule has 4 N–H and O–H groups in total. The van der Waals surface area contributed by atoms with Gasteiger partial charge in [0.15, 0.2) is 10.9 Å². The summed E-state index contributed by atoms with van der Waals surface area (Å²) in [6.45, 7) is 0.0655. The Bertz CT molecular complexity index is 2080. The fourth-order valence-electron chi connectivity index (χ4n) is 7.48. The monoisotopic (exact) mass is 795 g/mol. The van der Waals surface area contributed by atoms with Crippen molar-refractivity contribution in [2.75, 3.05) is 4.90 Å². The van der Waals surface area contributed by atoms with Crippen molar-refractivity contribution in [3.63, 3.8) is 0 Å². The Morgan fingerprint density at radius 3 is 2.33 bits per heavy atom. The zero-order valence-electron chi connectivity index (χ0n) is 28.4. The average molecular weight is 796 g/mol. The first-order valence-electron chi connectivity index (χ1n) is 17.4. The number of carboxylic acid groups (broad SMARTS) is 1. The smallest absolute Gasteiger partial charge is 0.450 e. The van der Waals surface area contributed by atoms with E-state index in [-0.39, 0.29) is 53.0 Å². The minimum atomic E-state index is -4.90. The zero-order chi connectivity index (χ0) is 38.8. The van der Waals surface area contributed by atoms with E-state index >= 15 is 4.39 Å². The number of fused-ring (bicyclic) bond motifs is 3. The van der Waals surface area contributed by atoms with Crippen molar-refractivity contribution in [2.24, 2.45) is 0 Å². The minimum absolute atomic E-state index is 0.0131. The Kier molecular flexibility index (Phi) is 9.83. The van der Waals surface area contributed by atoms with Crippen LogP contribution in [0.1, 0.15) is 66.1 Å². The number of carbonyl (C=O) groups excluding carboxylic acids is 1. The number of alkyl halides is 3. The molecule has 20 heteroatoms. The molecule has 294 valence electrons. The standard InChI is InChI=1S/C35H33F4N3O12S/c36-21-9-15(30(46)50-31-27(44)26(43)28(45)32(51-31)52-34(47)48)10-23-25(21)40-33(55-23)42-16-7-8-17(42)12-18(11-16)49-13-20-24(41-54-29(20)14-5-6-14)19-3-1-2-4-22(19)53-35(37,38)39/h1-4,9-10,14,16-18,26-28,31-32,43-45H,5-8,11-13H2,(H,47,48)/t16-,17+,18+,26-,27+,28-,31+,32-/m0/s1. The molecule has 8 rings (SSSR count). The predicted octanol–water partition coefficient (Wildman–Crippen LogP) is 5.20. The second-order valence-electron chi connectivity index (χ2n) is 13.8. The quantitative estimate of drug-likeness (QED) is 0.120. The van der Waals surface area contributed by atoms with Crippen LogP contribution in [0.3, 0.4) is 0 Å². The lowest BCUT2D eigenvalue weighted by Gasteiger charge is -2.38. The summed E-state index contributed by atoms with van der Waals surface area (Å²) in [6, 6.07) is 7.94. The molecule has 0 amide bonds. The number of esters is 1. The number of aliphatic hydroxyl groups excluding tert-OH is 3. The normalized spacial score (nSPS) is 28.0. The van der Waals surface area contributed by atoms with Crippen LogP contribution in [0.15, 0.2) is 40.9 Å². The number of rotatable bonds is 10. The molecule has 0 spiro atoms. The second kappa shape index (κ2) is 14.5. The third-order valence-corrected chi connectivity index (χ3v) is 11.2. The van der Waals surface area contributed by atoms with Gasteiger partial charge in [-0.1, -0.05) is 28.6 Å². The molecule has 3 aliphatic heterocycles. The molecular formula is C35H33F4N3O12S. The van der Waals surface area contributed by atoms with Gasteiger partial charge in [0, 0.05) is 29.1 Å². The van der Waals surface area contributed by atoms with E-state index in [1.54, 1.807) is 6.07 Å². The molecule has 55 heavy (non-hydrogen) atoms. The lowest BCUT2D eigenvalue weighted by atomic mass is 10.00. The fraction of sp³-hybridized carbons (Fsp3) is 0.486. The Balaban J connectivity index is 0.957. The molecule has 2 aromatic heterocycles. The summed E-state index contributed by atoms with van der Waals surface area (Å²) in [5.74, 6) is -1.70. The highest BCUT2D eigenvalue weighted by Gasteiger charge is 2.48. The first-order valence-corrected chi connectivity index (χ1v) is 18.2. The first kappa shape index (κ1) is 37.3. The Morgan fingerprint density at radius 1 is 0.964 bits per heavy atom. The molecule has 8 atom stereocenters. The van der Waals surface area contributed by atoms with Crippen molar-refractivity contribution >= 4 is 38.8 Å². The van der Waals surface area contributed by atoms with Crippen molar-refractivity contribution in [2.45, 2.75) is 106 Å². The van der Waals surface area contributed by atoms with Crippen LogP contribution in [0.4, 0.5) is 27.5 Å².